The van der Waals surface area contributed by atoms with E-state index in [2.05, 4.69) is 5.10 Å². The maximum Gasteiger partial charge on any atom is 0.339 e. The fraction of sp³-hybridized carbons (Fsp3) is 0.429. The van der Waals surface area contributed by atoms with Crippen LogP contribution in [0.2, 0.25) is 0 Å². The molecule has 0 radical (unpaired) electrons. The van der Waals surface area contributed by atoms with Crippen LogP contribution in [0, 0.1) is 6.92 Å². The number of carboxylic acids is 1. The van der Waals surface area contributed by atoms with Gasteiger partial charge in [0.1, 0.15) is 11.3 Å². The van der Waals surface area contributed by atoms with Crippen LogP contribution in [-0.2, 0) is 4.79 Å². The van der Waals surface area contributed by atoms with Crippen LogP contribution in [0.25, 0.3) is 0 Å². The number of benzene rings is 1. The Labute approximate surface area is 169 Å². The first-order valence-electron chi connectivity index (χ1n) is 9.61. The highest BCUT2D eigenvalue weighted by atomic mass is 16.5. The number of amides is 1. The maximum atomic E-state index is 12.8. The smallest absolute Gasteiger partial charge is 0.339 e. The summed E-state index contributed by atoms with van der Waals surface area (Å²) in [6.45, 7) is 6.03. The summed E-state index contributed by atoms with van der Waals surface area (Å²) in [4.78, 5) is 37.2. The van der Waals surface area contributed by atoms with Gasteiger partial charge in [-0.3, -0.25) is 14.3 Å². The number of nitrogens with zero attached hydrogens (tertiary/aromatic N) is 3. The number of ketones is 1. The van der Waals surface area contributed by atoms with E-state index in [0.29, 0.717) is 42.9 Å². The van der Waals surface area contributed by atoms with Crippen LogP contribution in [0.5, 0.6) is 5.75 Å². The molecular weight excluding hydrogens is 374 g/mol. The van der Waals surface area contributed by atoms with Gasteiger partial charge >= 0.3 is 5.97 Å². The first kappa shape index (κ1) is 20.6. The van der Waals surface area contributed by atoms with Crippen LogP contribution >= 0.6 is 0 Å². The molecule has 1 aromatic carbocycles. The molecule has 1 N–H and O–H groups in total. The predicted molar refractivity (Wildman–Crippen MR) is 105 cm³/mol. The van der Waals surface area contributed by atoms with Crippen LogP contribution in [0.1, 0.15) is 59.1 Å². The van der Waals surface area contributed by atoms with Crippen molar-refractivity contribution in [2.75, 3.05) is 13.1 Å². The fourth-order valence-electron chi connectivity index (χ4n) is 3.63. The quantitative estimate of drug-likeness (QED) is 0.750. The second-order valence-corrected chi connectivity index (χ2v) is 7.29. The monoisotopic (exact) mass is 399 g/mol. The van der Waals surface area contributed by atoms with Crippen LogP contribution in [0.4, 0.5) is 0 Å². The van der Waals surface area contributed by atoms with E-state index in [9.17, 15) is 19.5 Å². The number of carbonyl (C=O) groups is 3. The summed E-state index contributed by atoms with van der Waals surface area (Å²) in [5.41, 5.74) is 1.38. The largest absolute Gasteiger partial charge is 0.481 e. The number of aromatic carboxylic acids is 1. The predicted octanol–water partition coefficient (Wildman–Crippen LogP) is 2.72. The van der Waals surface area contributed by atoms with Gasteiger partial charge in [0.15, 0.2) is 11.9 Å². The van der Waals surface area contributed by atoms with Crippen LogP contribution in [0.15, 0.2) is 30.5 Å². The molecule has 1 saturated heterocycles. The average Bonchev–Trinajstić information content (AvgIpc) is 3.09. The van der Waals surface area contributed by atoms with E-state index in [1.165, 1.54) is 13.1 Å². The SMILES string of the molecule is CC(=O)c1cccc(OC(C)C(=O)N2CCC(n3ncc(C(=O)O)c3C)CC2)c1. The van der Waals surface area contributed by atoms with Crippen molar-refractivity contribution in [3.8, 4) is 5.75 Å². The highest BCUT2D eigenvalue weighted by molar-refractivity contribution is 5.94. The number of hydrogen-bond donors (Lipinski definition) is 1. The molecule has 3 rings (SSSR count). The van der Waals surface area contributed by atoms with Gasteiger partial charge in [-0.25, -0.2) is 4.79 Å². The van der Waals surface area contributed by atoms with Crippen molar-refractivity contribution in [3.63, 3.8) is 0 Å². The van der Waals surface area contributed by atoms with Gasteiger partial charge in [0, 0.05) is 18.7 Å². The number of rotatable bonds is 6. The molecule has 8 nitrogen and oxygen atoms in total. The summed E-state index contributed by atoms with van der Waals surface area (Å²) >= 11 is 0. The van der Waals surface area contributed by atoms with Gasteiger partial charge in [-0.15, -0.1) is 0 Å². The number of carboxylic acid groups (broad SMARTS) is 1. The summed E-state index contributed by atoms with van der Waals surface area (Å²) in [5.74, 6) is -0.667. The summed E-state index contributed by atoms with van der Waals surface area (Å²) in [5, 5.41) is 13.4. The van der Waals surface area contributed by atoms with Crippen molar-refractivity contribution >= 4 is 17.7 Å². The van der Waals surface area contributed by atoms with E-state index in [4.69, 9.17) is 4.74 Å². The molecule has 1 aliphatic heterocycles. The molecular formula is C21H25N3O5. The summed E-state index contributed by atoms with van der Waals surface area (Å²) in [6.07, 6.45) is 2.10. The third-order valence-electron chi connectivity index (χ3n) is 5.30. The van der Waals surface area contributed by atoms with Gasteiger partial charge in [0.05, 0.1) is 17.9 Å². The van der Waals surface area contributed by atoms with Crippen molar-refractivity contribution in [2.45, 2.75) is 45.8 Å². The van der Waals surface area contributed by atoms with Crippen LogP contribution in [-0.4, -0.2) is 56.6 Å². The van der Waals surface area contributed by atoms with Crippen molar-refractivity contribution < 1.29 is 24.2 Å². The van der Waals surface area contributed by atoms with E-state index in [1.54, 1.807) is 47.7 Å². The summed E-state index contributed by atoms with van der Waals surface area (Å²) in [7, 11) is 0. The van der Waals surface area contributed by atoms with Crippen molar-refractivity contribution in [3.05, 3.63) is 47.3 Å². The zero-order valence-corrected chi connectivity index (χ0v) is 16.8. The van der Waals surface area contributed by atoms with Gasteiger partial charge < -0.3 is 14.7 Å². The molecule has 1 unspecified atom stereocenters. The lowest BCUT2D eigenvalue weighted by molar-refractivity contribution is -0.139. The van der Waals surface area contributed by atoms with Crippen molar-refractivity contribution in [1.29, 1.82) is 0 Å². The molecule has 29 heavy (non-hydrogen) atoms. The third-order valence-corrected chi connectivity index (χ3v) is 5.30. The van der Waals surface area contributed by atoms with Gasteiger partial charge in [0.2, 0.25) is 0 Å². The molecule has 1 fully saturated rings. The zero-order valence-electron chi connectivity index (χ0n) is 16.8. The Balaban J connectivity index is 1.59. The van der Waals surface area contributed by atoms with E-state index in [-0.39, 0.29) is 23.3 Å². The molecule has 1 amide bonds. The second-order valence-electron chi connectivity index (χ2n) is 7.29. The number of carbonyl (C=O) groups excluding carboxylic acids is 2. The van der Waals surface area contributed by atoms with Crippen LogP contribution < -0.4 is 4.74 Å². The molecule has 0 saturated carbocycles. The van der Waals surface area contributed by atoms with Crippen molar-refractivity contribution in [2.24, 2.45) is 0 Å². The molecule has 0 aliphatic carbocycles. The van der Waals surface area contributed by atoms with Gasteiger partial charge in [0.25, 0.3) is 5.91 Å². The Kier molecular flexibility index (Phi) is 6.00. The number of Topliss-reactive ketones (excluding diaryl/α,β-unsaturated/α-hetero) is 1. The standard InChI is InChI=1S/C21H25N3O5/c1-13-19(21(27)28)12-22-24(13)17-7-9-23(10-8-17)20(26)15(3)29-18-6-4-5-16(11-18)14(2)25/h4-6,11-12,15,17H,7-10H2,1-3H3,(H,27,28). The molecule has 1 atom stereocenters. The third kappa shape index (κ3) is 4.47. The lowest BCUT2D eigenvalue weighted by Gasteiger charge is -2.34. The Morgan fingerprint density at radius 1 is 1.24 bits per heavy atom. The number of likely N-dealkylation sites (tertiary alicyclic amines) is 1. The number of aromatic nitrogens is 2. The Hall–Kier alpha value is -3.16. The second kappa shape index (κ2) is 8.46. The molecule has 8 heteroatoms. The van der Waals surface area contributed by atoms with Gasteiger partial charge in [-0.2, -0.15) is 5.10 Å². The molecule has 2 aromatic rings. The van der Waals surface area contributed by atoms with E-state index < -0.39 is 12.1 Å². The van der Waals surface area contributed by atoms with Crippen molar-refractivity contribution in [1.82, 2.24) is 14.7 Å². The topological polar surface area (TPSA) is 102 Å². The Morgan fingerprint density at radius 2 is 1.93 bits per heavy atom. The normalized spacial score (nSPS) is 15.8. The first-order chi connectivity index (χ1) is 13.8. The fourth-order valence-corrected chi connectivity index (χ4v) is 3.63. The van der Waals surface area contributed by atoms with Crippen LogP contribution in [0.3, 0.4) is 0 Å². The van der Waals surface area contributed by atoms with E-state index in [1.807, 2.05) is 0 Å². The van der Waals surface area contributed by atoms with Gasteiger partial charge in [-0.05, 0) is 45.7 Å². The first-order valence-corrected chi connectivity index (χ1v) is 9.61. The Bertz CT molecular complexity index is 928. The molecule has 0 spiro atoms. The lowest BCUT2D eigenvalue weighted by Crippen LogP contribution is -2.45. The number of hydrogen-bond acceptors (Lipinski definition) is 5. The molecule has 2 heterocycles. The van der Waals surface area contributed by atoms with Gasteiger partial charge in [-0.1, -0.05) is 12.1 Å². The zero-order chi connectivity index (χ0) is 21.1. The summed E-state index contributed by atoms with van der Waals surface area (Å²) < 4.78 is 7.50. The minimum atomic E-state index is -0.985. The molecule has 1 aliphatic rings. The van der Waals surface area contributed by atoms with E-state index >= 15 is 0 Å². The minimum Gasteiger partial charge on any atom is -0.481 e. The highest BCUT2D eigenvalue weighted by Gasteiger charge is 2.29. The molecule has 0 bridgehead atoms. The number of piperidine rings is 1. The number of ether oxygens (including phenoxy) is 1. The summed E-state index contributed by atoms with van der Waals surface area (Å²) in [6, 6.07) is 6.86. The maximum absolute atomic E-state index is 12.8. The highest BCUT2D eigenvalue weighted by Crippen LogP contribution is 2.25. The minimum absolute atomic E-state index is 0.0588. The average molecular weight is 399 g/mol. The Morgan fingerprint density at radius 3 is 2.52 bits per heavy atom. The van der Waals surface area contributed by atoms with E-state index in [0.717, 1.165) is 0 Å². The molecule has 154 valence electrons. The molecule has 1 aromatic heterocycles. The lowest BCUT2D eigenvalue weighted by atomic mass is 10.0.